The molecule has 0 aromatic rings. The van der Waals surface area contributed by atoms with Gasteiger partial charge in [-0.3, -0.25) is 9.69 Å². The third-order valence-corrected chi connectivity index (χ3v) is 4.50. The molecule has 0 atom stereocenters. The van der Waals surface area contributed by atoms with E-state index in [1.54, 1.807) is 7.11 Å². The van der Waals surface area contributed by atoms with Gasteiger partial charge in [-0.25, -0.2) is 0 Å². The van der Waals surface area contributed by atoms with E-state index in [4.69, 9.17) is 9.47 Å². The van der Waals surface area contributed by atoms with Gasteiger partial charge in [0.1, 0.15) is 0 Å². The summed E-state index contributed by atoms with van der Waals surface area (Å²) in [6, 6.07) is 0. The van der Waals surface area contributed by atoms with Crippen molar-refractivity contribution in [2.24, 2.45) is 5.41 Å². The first kappa shape index (κ1) is 22.9. The van der Waals surface area contributed by atoms with Crippen molar-refractivity contribution in [2.75, 3.05) is 66.2 Å². The molecule has 2 rings (SSSR count). The number of carbonyl (C=O) groups excluding carboxylic acids is 1. The van der Waals surface area contributed by atoms with Crippen molar-refractivity contribution >= 4 is 30.7 Å². The van der Waals surface area contributed by atoms with Gasteiger partial charge in [-0.1, -0.05) is 0 Å². The van der Waals surface area contributed by atoms with E-state index in [0.29, 0.717) is 6.61 Å². The highest BCUT2D eigenvalue weighted by atomic mass is 35.5. The molecule has 2 aliphatic heterocycles. The predicted octanol–water partition coefficient (Wildman–Crippen LogP) is 0.685. The van der Waals surface area contributed by atoms with Crippen LogP contribution in [0.15, 0.2) is 0 Å². The van der Waals surface area contributed by atoms with Gasteiger partial charge in [0.2, 0.25) is 5.91 Å². The topological polar surface area (TPSA) is 62.8 Å². The van der Waals surface area contributed by atoms with Gasteiger partial charge < -0.3 is 20.1 Å². The number of amides is 1. The number of methoxy groups -OCH3 is 1. The third-order valence-electron chi connectivity index (χ3n) is 4.50. The van der Waals surface area contributed by atoms with Crippen molar-refractivity contribution in [1.82, 2.24) is 15.5 Å². The van der Waals surface area contributed by atoms with Crippen molar-refractivity contribution in [3.8, 4) is 0 Å². The van der Waals surface area contributed by atoms with Crippen LogP contribution >= 0.6 is 24.8 Å². The minimum Gasteiger partial charge on any atom is -0.384 e. The number of ether oxygens (including phenoxy) is 2. The van der Waals surface area contributed by atoms with Crippen molar-refractivity contribution in [3.63, 3.8) is 0 Å². The van der Waals surface area contributed by atoms with E-state index >= 15 is 0 Å². The van der Waals surface area contributed by atoms with E-state index in [2.05, 4.69) is 15.5 Å². The number of halogens is 2. The highest BCUT2D eigenvalue weighted by Gasteiger charge is 2.39. The Hall–Kier alpha value is -0.110. The Kier molecular flexibility index (Phi) is 12.2. The molecule has 0 aromatic heterocycles. The van der Waals surface area contributed by atoms with Crippen LogP contribution < -0.4 is 10.6 Å². The second-order valence-electron chi connectivity index (χ2n) is 6.03. The average molecular weight is 372 g/mol. The molecule has 2 saturated heterocycles. The summed E-state index contributed by atoms with van der Waals surface area (Å²) >= 11 is 0. The van der Waals surface area contributed by atoms with Crippen LogP contribution in [0, 0.1) is 5.41 Å². The summed E-state index contributed by atoms with van der Waals surface area (Å²) in [6.45, 7) is 7.75. The van der Waals surface area contributed by atoms with Crippen molar-refractivity contribution < 1.29 is 14.3 Å². The largest absolute Gasteiger partial charge is 0.384 e. The molecule has 138 valence electrons. The molecule has 6 nitrogen and oxygen atoms in total. The first-order chi connectivity index (χ1) is 10.3. The highest BCUT2D eigenvalue weighted by Crippen LogP contribution is 2.29. The zero-order chi connectivity index (χ0) is 15.0. The fourth-order valence-electron chi connectivity index (χ4n) is 3.14. The molecule has 8 heteroatoms. The number of piperidine rings is 1. The van der Waals surface area contributed by atoms with Gasteiger partial charge in [-0.15, -0.1) is 24.8 Å². The highest BCUT2D eigenvalue weighted by molar-refractivity contribution is 5.85. The first-order valence-corrected chi connectivity index (χ1v) is 8.05. The molecule has 1 amide bonds. The molecule has 2 heterocycles. The van der Waals surface area contributed by atoms with Crippen LogP contribution in [0.25, 0.3) is 0 Å². The summed E-state index contributed by atoms with van der Waals surface area (Å²) in [5.41, 5.74) is -0.334. The average Bonchev–Trinajstić information content (AvgIpc) is 2.53. The van der Waals surface area contributed by atoms with Crippen LogP contribution in [0.5, 0.6) is 0 Å². The van der Waals surface area contributed by atoms with Crippen LogP contribution in [0.4, 0.5) is 0 Å². The van der Waals surface area contributed by atoms with Gasteiger partial charge in [0.25, 0.3) is 0 Å². The van der Waals surface area contributed by atoms with Gasteiger partial charge in [-0.05, 0) is 38.9 Å². The lowest BCUT2D eigenvalue weighted by molar-refractivity contribution is -0.136. The Morgan fingerprint density at radius 2 is 1.91 bits per heavy atom. The minimum atomic E-state index is -0.334. The van der Waals surface area contributed by atoms with E-state index in [-0.39, 0.29) is 36.1 Å². The third kappa shape index (κ3) is 7.11. The molecular weight excluding hydrogens is 341 g/mol. The Morgan fingerprint density at radius 3 is 2.52 bits per heavy atom. The fraction of sp³-hybridized carbons (Fsp3) is 0.933. The van der Waals surface area contributed by atoms with Gasteiger partial charge in [-0.2, -0.15) is 0 Å². The smallest absolute Gasteiger partial charge is 0.228 e. The molecule has 2 aliphatic rings. The van der Waals surface area contributed by atoms with Gasteiger partial charge >= 0.3 is 0 Å². The monoisotopic (exact) mass is 371 g/mol. The van der Waals surface area contributed by atoms with Crippen molar-refractivity contribution in [1.29, 1.82) is 0 Å². The van der Waals surface area contributed by atoms with Crippen LogP contribution in [0.3, 0.4) is 0 Å². The van der Waals surface area contributed by atoms with Crippen LogP contribution in [0.2, 0.25) is 0 Å². The zero-order valence-corrected chi connectivity index (χ0v) is 15.6. The SMILES string of the molecule is COCC1(C(=O)NCCCN2CCOCC2)CCNCC1.Cl.Cl. The second-order valence-corrected chi connectivity index (χ2v) is 6.03. The Labute approximate surface area is 151 Å². The maximum absolute atomic E-state index is 12.5. The number of morpholine rings is 1. The molecule has 2 fully saturated rings. The summed E-state index contributed by atoms with van der Waals surface area (Å²) in [6.07, 6.45) is 2.71. The molecule has 0 spiro atoms. The van der Waals surface area contributed by atoms with Crippen molar-refractivity contribution in [2.45, 2.75) is 19.3 Å². The maximum atomic E-state index is 12.5. The number of nitrogens with one attached hydrogen (secondary N) is 2. The number of hydrogen-bond acceptors (Lipinski definition) is 5. The van der Waals surface area contributed by atoms with Crippen LogP contribution in [0.1, 0.15) is 19.3 Å². The van der Waals surface area contributed by atoms with Crippen LogP contribution in [-0.2, 0) is 14.3 Å². The summed E-state index contributed by atoms with van der Waals surface area (Å²) in [7, 11) is 1.68. The molecule has 0 aromatic carbocycles. The first-order valence-electron chi connectivity index (χ1n) is 8.05. The number of nitrogens with zero attached hydrogens (tertiary/aromatic N) is 1. The molecule has 23 heavy (non-hydrogen) atoms. The normalized spacial score (nSPS) is 20.9. The molecular formula is C15H31Cl2N3O3. The summed E-state index contributed by atoms with van der Waals surface area (Å²) < 4.78 is 10.6. The standard InChI is InChI=1S/C15H29N3O3.2ClH/c1-20-13-15(3-6-16-7-4-15)14(19)17-5-2-8-18-9-11-21-12-10-18;;/h16H,2-13H2,1H3,(H,17,19);2*1H. The molecule has 0 bridgehead atoms. The summed E-state index contributed by atoms with van der Waals surface area (Å²) in [5, 5.41) is 6.42. The predicted molar refractivity (Wildman–Crippen MR) is 95.8 cm³/mol. The fourth-order valence-corrected chi connectivity index (χ4v) is 3.14. The number of hydrogen-bond donors (Lipinski definition) is 2. The number of rotatable bonds is 7. The van der Waals surface area contributed by atoms with Gasteiger partial charge in [0.05, 0.1) is 25.2 Å². The zero-order valence-electron chi connectivity index (χ0n) is 14.0. The molecule has 0 aliphatic carbocycles. The quantitative estimate of drug-likeness (QED) is 0.644. The maximum Gasteiger partial charge on any atom is 0.228 e. The van der Waals surface area contributed by atoms with Gasteiger partial charge in [0.15, 0.2) is 0 Å². The number of carbonyl (C=O) groups is 1. The molecule has 0 radical (unpaired) electrons. The lowest BCUT2D eigenvalue weighted by Crippen LogP contribution is -2.50. The Morgan fingerprint density at radius 1 is 1.26 bits per heavy atom. The lowest BCUT2D eigenvalue weighted by Gasteiger charge is -2.35. The van der Waals surface area contributed by atoms with E-state index in [0.717, 1.165) is 71.7 Å². The second kappa shape index (κ2) is 12.3. The van der Waals surface area contributed by atoms with E-state index in [1.165, 1.54) is 0 Å². The summed E-state index contributed by atoms with van der Waals surface area (Å²) in [4.78, 5) is 14.9. The Balaban J connectivity index is 0.00000242. The van der Waals surface area contributed by atoms with Crippen LogP contribution in [-0.4, -0.2) is 77.0 Å². The van der Waals surface area contributed by atoms with E-state index in [9.17, 15) is 4.79 Å². The van der Waals surface area contributed by atoms with Gasteiger partial charge in [0, 0.05) is 26.7 Å². The minimum absolute atomic E-state index is 0. The van der Waals surface area contributed by atoms with Crippen molar-refractivity contribution in [3.05, 3.63) is 0 Å². The molecule has 0 saturated carbocycles. The summed E-state index contributed by atoms with van der Waals surface area (Å²) in [5.74, 6) is 0.160. The molecule has 0 unspecified atom stereocenters. The van der Waals surface area contributed by atoms with E-state index in [1.807, 2.05) is 0 Å². The Bertz CT molecular complexity index is 318. The molecule has 2 N–H and O–H groups in total. The lowest BCUT2D eigenvalue weighted by atomic mass is 9.78. The van der Waals surface area contributed by atoms with E-state index < -0.39 is 0 Å².